The van der Waals surface area contributed by atoms with Crippen molar-refractivity contribution in [3.8, 4) is 5.69 Å². The van der Waals surface area contributed by atoms with Gasteiger partial charge in [-0.2, -0.15) is 9.78 Å². The van der Waals surface area contributed by atoms with E-state index >= 15 is 0 Å². The summed E-state index contributed by atoms with van der Waals surface area (Å²) in [4.78, 5) is 42.0. The molecule has 2 heterocycles. The van der Waals surface area contributed by atoms with Crippen LogP contribution in [0, 0.1) is 6.92 Å². The average molecular weight is 492 g/mol. The van der Waals surface area contributed by atoms with Crippen LogP contribution in [0.25, 0.3) is 5.69 Å². The Labute approximate surface area is 210 Å². The minimum absolute atomic E-state index is 0.0466. The number of ether oxygens (including phenoxy) is 1. The zero-order valence-corrected chi connectivity index (χ0v) is 21.1. The van der Waals surface area contributed by atoms with Crippen molar-refractivity contribution in [3.63, 3.8) is 0 Å². The first kappa shape index (κ1) is 25.5. The molecule has 0 bridgehead atoms. The van der Waals surface area contributed by atoms with Crippen molar-refractivity contribution in [2.75, 3.05) is 39.4 Å². The van der Waals surface area contributed by atoms with Crippen LogP contribution in [0.3, 0.4) is 0 Å². The summed E-state index contributed by atoms with van der Waals surface area (Å²) < 4.78 is 7.58. The van der Waals surface area contributed by atoms with Gasteiger partial charge in [0.15, 0.2) is 0 Å². The maximum absolute atomic E-state index is 13.4. The lowest BCUT2D eigenvalue weighted by atomic mass is 10.0. The van der Waals surface area contributed by atoms with Crippen LogP contribution in [-0.4, -0.2) is 64.5 Å². The molecule has 0 aliphatic carbocycles. The number of carbonyl (C=O) groups is 1. The molecule has 9 heteroatoms. The van der Waals surface area contributed by atoms with Crippen LogP contribution in [0.5, 0.6) is 0 Å². The molecule has 1 fully saturated rings. The highest BCUT2D eigenvalue weighted by Crippen LogP contribution is 2.16. The first-order valence-electron chi connectivity index (χ1n) is 12.3. The molecule has 1 saturated heterocycles. The predicted molar refractivity (Wildman–Crippen MR) is 138 cm³/mol. The number of morpholine rings is 1. The number of hydrogen-bond donors (Lipinski definition) is 1. The molecule has 9 nitrogen and oxygen atoms in total. The summed E-state index contributed by atoms with van der Waals surface area (Å²) >= 11 is 0. The quantitative estimate of drug-likeness (QED) is 0.517. The number of aryl methyl sites for hydroxylation is 1. The van der Waals surface area contributed by atoms with E-state index in [9.17, 15) is 14.4 Å². The van der Waals surface area contributed by atoms with Crippen molar-refractivity contribution in [3.05, 3.63) is 91.8 Å². The minimum atomic E-state index is -0.706. The maximum Gasteiger partial charge on any atom is 0.352 e. The van der Waals surface area contributed by atoms with Gasteiger partial charge in [0, 0.05) is 26.2 Å². The fourth-order valence-electron chi connectivity index (χ4n) is 4.16. The number of hydrogen-bond acceptors (Lipinski definition) is 6. The van der Waals surface area contributed by atoms with Gasteiger partial charge in [-0.15, -0.1) is 0 Å². The Morgan fingerprint density at radius 1 is 1.06 bits per heavy atom. The number of carbonyl (C=O) groups excluding carboxylic acids is 1. The Balaban J connectivity index is 1.69. The molecule has 1 N–H and O–H groups in total. The fourth-order valence-corrected chi connectivity index (χ4v) is 4.16. The largest absolute Gasteiger partial charge is 0.379 e. The number of benzene rings is 2. The van der Waals surface area contributed by atoms with Crippen molar-refractivity contribution in [1.29, 1.82) is 0 Å². The molecular weight excluding hydrogens is 458 g/mol. The van der Waals surface area contributed by atoms with Gasteiger partial charge in [-0.05, 0) is 41.7 Å². The van der Waals surface area contributed by atoms with Gasteiger partial charge in [0.2, 0.25) is 5.69 Å². The highest BCUT2D eigenvalue weighted by molar-refractivity contribution is 5.91. The summed E-state index contributed by atoms with van der Waals surface area (Å²) in [5.41, 5.74) is 1.77. The summed E-state index contributed by atoms with van der Waals surface area (Å²) in [6, 6.07) is 15.0. The molecule has 1 aromatic heterocycles. The number of rotatable bonds is 8. The van der Waals surface area contributed by atoms with Crippen molar-refractivity contribution in [1.82, 2.24) is 24.6 Å². The second-order valence-corrected chi connectivity index (χ2v) is 9.32. The molecule has 3 aromatic rings. The monoisotopic (exact) mass is 491 g/mol. The van der Waals surface area contributed by atoms with Crippen LogP contribution in [-0.2, 0) is 11.3 Å². The van der Waals surface area contributed by atoms with E-state index in [2.05, 4.69) is 29.2 Å². The molecule has 36 heavy (non-hydrogen) atoms. The molecule has 0 unspecified atom stereocenters. The number of aromatic nitrogens is 3. The van der Waals surface area contributed by atoms with Crippen LogP contribution in [0.1, 0.15) is 46.9 Å². The Bertz CT molecular complexity index is 1320. The highest BCUT2D eigenvalue weighted by Gasteiger charge is 2.21. The summed E-state index contributed by atoms with van der Waals surface area (Å²) in [6.07, 6.45) is 0. The van der Waals surface area contributed by atoms with Gasteiger partial charge in [-0.1, -0.05) is 50.2 Å². The third-order valence-corrected chi connectivity index (χ3v) is 6.49. The van der Waals surface area contributed by atoms with Crippen molar-refractivity contribution < 1.29 is 9.53 Å². The highest BCUT2D eigenvalue weighted by atomic mass is 16.5. The van der Waals surface area contributed by atoms with Gasteiger partial charge in [0.25, 0.3) is 11.5 Å². The normalized spacial score (nSPS) is 14.2. The van der Waals surface area contributed by atoms with E-state index < -0.39 is 17.2 Å². The number of amides is 1. The summed E-state index contributed by atoms with van der Waals surface area (Å²) in [5, 5.41) is 7.03. The molecule has 0 atom stereocenters. The van der Waals surface area contributed by atoms with E-state index in [1.165, 1.54) is 0 Å². The van der Waals surface area contributed by atoms with Crippen LogP contribution in [0.2, 0.25) is 0 Å². The Hall–Kier alpha value is -3.56. The van der Waals surface area contributed by atoms with E-state index in [1.807, 2.05) is 43.3 Å². The van der Waals surface area contributed by atoms with Gasteiger partial charge in [-0.25, -0.2) is 4.79 Å². The lowest BCUT2D eigenvalue weighted by Crippen LogP contribution is -2.47. The lowest BCUT2D eigenvalue weighted by molar-refractivity contribution is 0.0383. The third-order valence-electron chi connectivity index (χ3n) is 6.49. The molecule has 0 radical (unpaired) electrons. The molecule has 0 saturated carbocycles. The number of nitrogens with one attached hydrogen (secondary N) is 1. The van der Waals surface area contributed by atoms with Gasteiger partial charge >= 0.3 is 5.69 Å². The average Bonchev–Trinajstić information content (AvgIpc) is 2.88. The summed E-state index contributed by atoms with van der Waals surface area (Å²) in [6.45, 7) is 10.1. The van der Waals surface area contributed by atoms with Crippen LogP contribution < -0.4 is 16.6 Å². The van der Waals surface area contributed by atoms with Crippen molar-refractivity contribution >= 4 is 5.91 Å². The van der Waals surface area contributed by atoms with Gasteiger partial charge < -0.3 is 10.1 Å². The predicted octanol–water partition coefficient (Wildman–Crippen LogP) is 1.94. The molecule has 1 aliphatic heterocycles. The molecule has 2 aromatic carbocycles. The van der Waals surface area contributed by atoms with E-state index in [1.54, 1.807) is 12.1 Å². The first-order valence-corrected chi connectivity index (χ1v) is 12.3. The number of nitrogens with zero attached hydrogens (tertiary/aromatic N) is 4. The lowest BCUT2D eigenvalue weighted by Gasteiger charge is -2.26. The fraction of sp³-hybridized carbons (Fsp3) is 0.407. The van der Waals surface area contributed by atoms with Crippen LogP contribution in [0.4, 0.5) is 0 Å². The second-order valence-electron chi connectivity index (χ2n) is 9.32. The first-order chi connectivity index (χ1) is 17.3. The molecule has 0 spiro atoms. The molecule has 1 amide bonds. The smallest absolute Gasteiger partial charge is 0.352 e. The molecule has 190 valence electrons. The Kier molecular flexibility index (Phi) is 8.12. The SMILES string of the molecule is Cc1ccccc1Cn1c(=O)c(C(=O)NCCN2CCOCC2)nn(-c2ccc(C(C)C)cc2)c1=O. The van der Waals surface area contributed by atoms with Crippen molar-refractivity contribution in [2.45, 2.75) is 33.2 Å². The third kappa shape index (κ3) is 5.80. The van der Waals surface area contributed by atoms with Gasteiger partial charge in [0.05, 0.1) is 25.4 Å². The maximum atomic E-state index is 13.4. The molecule has 4 rings (SSSR count). The van der Waals surface area contributed by atoms with E-state index in [4.69, 9.17) is 4.74 Å². The summed E-state index contributed by atoms with van der Waals surface area (Å²) in [5.74, 6) is -0.272. The van der Waals surface area contributed by atoms with Gasteiger partial charge in [0.1, 0.15) is 0 Å². The molecular formula is C27H33N5O4. The zero-order chi connectivity index (χ0) is 25.7. The topological polar surface area (TPSA) is 98.5 Å². The van der Waals surface area contributed by atoms with E-state index in [0.29, 0.717) is 37.9 Å². The minimum Gasteiger partial charge on any atom is -0.379 e. The summed E-state index contributed by atoms with van der Waals surface area (Å²) in [7, 11) is 0. The van der Waals surface area contributed by atoms with Crippen molar-refractivity contribution in [2.24, 2.45) is 0 Å². The Morgan fingerprint density at radius 2 is 1.75 bits per heavy atom. The van der Waals surface area contributed by atoms with Crippen LogP contribution >= 0.6 is 0 Å². The van der Waals surface area contributed by atoms with E-state index in [0.717, 1.165) is 39.0 Å². The standard InChI is InChI=1S/C27H33N5O4/c1-19(2)21-8-10-23(11-9-21)32-27(35)31(18-22-7-5-4-6-20(22)3)26(34)24(29-32)25(33)28-12-13-30-14-16-36-17-15-30/h4-11,19H,12-18H2,1-3H3,(H,28,33). The van der Waals surface area contributed by atoms with Crippen LogP contribution in [0.15, 0.2) is 58.1 Å². The van der Waals surface area contributed by atoms with Gasteiger partial charge in [-0.3, -0.25) is 19.1 Å². The van der Waals surface area contributed by atoms with E-state index in [-0.39, 0.29) is 12.2 Å². The molecule has 1 aliphatic rings. The second kappa shape index (κ2) is 11.5. The Morgan fingerprint density at radius 3 is 2.42 bits per heavy atom. The zero-order valence-electron chi connectivity index (χ0n) is 21.1.